The lowest BCUT2D eigenvalue weighted by molar-refractivity contribution is 0.0954. The van der Waals surface area contributed by atoms with Crippen molar-refractivity contribution in [3.05, 3.63) is 59.9 Å². The van der Waals surface area contributed by atoms with E-state index in [4.69, 9.17) is 0 Å². The zero-order valence-electron chi connectivity index (χ0n) is 16.1. The number of H-pyrrole nitrogens is 1. The van der Waals surface area contributed by atoms with E-state index in [0.29, 0.717) is 18.5 Å². The van der Waals surface area contributed by atoms with Crippen LogP contribution in [0.25, 0.3) is 11.0 Å². The first kappa shape index (κ1) is 20.0. The molecule has 1 aromatic heterocycles. The molecule has 0 radical (unpaired) electrons. The first-order valence-corrected chi connectivity index (χ1v) is 10.5. The summed E-state index contributed by atoms with van der Waals surface area (Å²) in [7, 11) is -3.62. The summed E-state index contributed by atoms with van der Waals surface area (Å²) in [4.78, 5) is 20.1. The number of sulfonamides is 1. The molecule has 3 rings (SSSR count). The van der Waals surface area contributed by atoms with E-state index in [0.717, 1.165) is 16.9 Å². The molecule has 1 amide bonds. The van der Waals surface area contributed by atoms with Crippen molar-refractivity contribution >= 4 is 27.0 Å². The molecular formula is C20H24N4O3S. The maximum Gasteiger partial charge on any atom is 0.251 e. The minimum Gasteiger partial charge on any atom is -0.352 e. The number of benzene rings is 2. The number of imidazole rings is 1. The first-order valence-electron chi connectivity index (χ1n) is 9.00. The molecule has 0 spiro atoms. The van der Waals surface area contributed by atoms with Gasteiger partial charge in [0, 0.05) is 24.1 Å². The molecule has 0 bridgehead atoms. The van der Waals surface area contributed by atoms with Crippen LogP contribution in [0.15, 0.2) is 53.4 Å². The van der Waals surface area contributed by atoms with Crippen molar-refractivity contribution < 1.29 is 13.2 Å². The highest BCUT2D eigenvalue weighted by molar-refractivity contribution is 7.89. The van der Waals surface area contributed by atoms with Gasteiger partial charge in [-0.2, -0.15) is 0 Å². The van der Waals surface area contributed by atoms with Gasteiger partial charge in [-0.25, -0.2) is 18.1 Å². The number of para-hydroxylation sites is 2. The SMILES string of the molecule is CC(C)(C)NS(=O)(=O)c1ccc(C(=O)NCCc2nc3ccccc3[nH]2)cc1. The molecule has 3 N–H and O–H groups in total. The number of nitrogens with one attached hydrogen (secondary N) is 3. The standard InChI is InChI=1S/C20H24N4O3S/c1-20(2,3)24-28(26,27)15-10-8-14(9-11-15)19(25)21-13-12-18-22-16-6-4-5-7-17(16)23-18/h4-11,24H,12-13H2,1-3H3,(H,21,25)(H,22,23). The molecule has 1 heterocycles. The molecule has 148 valence electrons. The van der Waals surface area contributed by atoms with E-state index < -0.39 is 15.6 Å². The van der Waals surface area contributed by atoms with Gasteiger partial charge < -0.3 is 10.3 Å². The van der Waals surface area contributed by atoms with Crippen LogP contribution in [0.1, 0.15) is 37.0 Å². The zero-order valence-corrected chi connectivity index (χ0v) is 16.9. The smallest absolute Gasteiger partial charge is 0.251 e. The van der Waals surface area contributed by atoms with Crippen molar-refractivity contribution in [2.24, 2.45) is 0 Å². The Bertz CT molecular complexity index is 1050. The average molecular weight is 401 g/mol. The number of amides is 1. The predicted molar refractivity (Wildman–Crippen MR) is 109 cm³/mol. The van der Waals surface area contributed by atoms with Crippen LogP contribution in [0.5, 0.6) is 0 Å². The quantitative estimate of drug-likeness (QED) is 0.592. The predicted octanol–water partition coefficient (Wildman–Crippen LogP) is 2.61. The van der Waals surface area contributed by atoms with Gasteiger partial charge in [0.2, 0.25) is 10.0 Å². The van der Waals surface area contributed by atoms with Crippen molar-refractivity contribution in [3.8, 4) is 0 Å². The van der Waals surface area contributed by atoms with Gasteiger partial charge in [0.15, 0.2) is 0 Å². The number of hydrogen-bond donors (Lipinski definition) is 3. The number of nitrogens with zero attached hydrogens (tertiary/aromatic N) is 1. The molecule has 28 heavy (non-hydrogen) atoms. The Hall–Kier alpha value is -2.71. The van der Waals surface area contributed by atoms with Crippen LogP contribution < -0.4 is 10.0 Å². The Balaban J connectivity index is 1.58. The molecule has 3 aromatic rings. The summed E-state index contributed by atoms with van der Waals surface area (Å²) in [6, 6.07) is 13.6. The lowest BCUT2D eigenvalue weighted by atomic mass is 10.1. The molecule has 0 unspecified atom stereocenters. The minimum atomic E-state index is -3.62. The Kier molecular flexibility index (Phi) is 5.53. The molecule has 0 saturated heterocycles. The molecule has 2 aromatic carbocycles. The van der Waals surface area contributed by atoms with Gasteiger partial charge in [-0.05, 0) is 57.2 Å². The van der Waals surface area contributed by atoms with Gasteiger partial charge >= 0.3 is 0 Å². The minimum absolute atomic E-state index is 0.126. The van der Waals surface area contributed by atoms with E-state index in [9.17, 15) is 13.2 Å². The van der Waals surface area contributed by atoms with Crippen molar-refractivity contribution in [3.63, 3.8) is 0 Å². The Morgan fingerprint density at radius 3 is 2.39 bits per heavy atom. The molecule has 8 heteroatoms. The molecular weight excluding hydrogens is 376 g/mol. The van der Waals surface area contributed by atoms with Crippen LogP contribution in [-0.2, 0) is 16.4 Å². The van der Waals surface area contributed by atoms with E-state index in [2.05, 4.69) is 20.0 Å². The number of rotatable bonds is 6. The third kappa shape index (κ3) is 4.96. The number of aromatic amines is 1. The first-order chi connectivity index (χ1) is 13.1. The third-order valence-corrected chi connectivity index (χ3v) is 5.73. The van der Waals surface area contributed by atoms with Gasteiger partial charge in [-0.3, -0.25) is 4.79 Å². The van der Waals surface area contributed by atoms with Crippen molar-refractivity contribution in [1.29, 1.82) is 0 Å². The highest BCUT2D eigenvalue weighted by atomic mass is 32.2. The van der Waals surface area contributed by atoms with Crippen molar-refractivity contribution in [2.75, 3.05) is 6.54 Å². The van der Waals surface area contributed by atoms with Gasteiger partial charge in [-0.15, -0.1) is 0 Å². The monoisotopic (exact) mass is 400 g/mol. The van der Waals surface area contributed by atoms with Gasteiger partial charge in [0.05, 0.1) is 15.9 Å². The summed E-state index contributed by atoms with van der Waals surface area (Å²) in [5.41, 5.74) is 1.68. The number of fused-ring (bicyclic) bond motifs is 1. The highest BCUT2D eigenvalue weighted by Crippen LogP contribution is 2.14. The zero-order chi connectivity index (χ0) is 20.4. The van der Waals surface area contributed by atoms with Crippen LogP contribution in [0.2, 0.25) is 0 Å². The summed E-state index contributed by atoms with van der Waals surface area (Å²) < 4.78 is 27.2. The van der Waals surface area contributed by atoms with Gasteiger partial charge in [0.25, 0.3) is 5.91 Å². The van der Waals surface area contributed by atoms with Gasteiger partial charge in [-0.1, -0.05) is 12.1 Å². The molecule has 0 aliphatic rings. The van der Waals surface area contributed by atoms with E-state index in [1.165, 1.54) is 24.3 Å². The number of aromatic nitrogens is 2. The number of carbonyl (C=O) groups excluding carboxylic acids is 1. The molecule has 0 fully saturated rings. The normalized spacial score (nSPS) is 12.2. The highest BCUT2D eigenvalue weighted by Gasteiger charge is 2.22. The van der Waals surface area contributed by atoms with Crippen LogP contribution in [-0.4, -0.2) is 36.4 Å². The second-order valence-electron chi connectivity index (χ2n) is 7.59. The molecule has 0 aliphatic heterocycles. The summed E-state index contributed by atoms with van der Waals surface area (Å²) in [6.07, 6.45) is 0.572. The van der Waals surface area contributed by atoms with Crippen LogP contribution in [0, 0.1) is 0 Å². The average Bonchev–Trinajstić information content (AvgIpc) is 3.02. The second-order valence-corrected chi connectivity index (χ2v) is 9.27. The summed E-state index contributed by atoms with van der Waals surface area (Å²) in [6.45, 7) is 5.74. The maximum atomic E-state index is 12.3. The Morgan fingerprint density at radius 1 is 1.07 bits per heavy atom. The van der Waals surface area contributed by atoms with Crippen LogP contribution in [0.3, 0.4) is 0 Å². The summed E-state index contributed by atoms with van der Waals surface area (Å²) >= 11 is 0. The topological polar surface area (TPSA) is 104 Å². The second kappa shape index (κ2) is 7.73. The largest absolute Gasteiger partial charge is 0.352 e. The molecule has 0 atom stereocenters. The van der Waals surface area contributed by atoms with E-state index in [1.807, 2.05) is 24.3 Å². The van der Waals surface area contributed by atoms with E-state index in [1.54, 1.807) is 20.8 Å². The van der Waals surface area contributed by atoms with Crippen molar-refractivity contribution in [2.45, 2.75) is 37.6 Å². The fourth-order valence-electron chi connectivity index (χ4n) is 2.77. The Labute approximate surface area is 164 Å². The summed E-state index contributed by atoms with van der Waals surface area (Å²) in [5.74, 6) is 0.542. The maximum absolute atomic E-state index is 12.3. The number of hydrogen-bond acceptors (Lipinski definition) is 4. The lowest BCUT2D eigenvalue weighted by Crippen LogP contribution is -2.40. The fraction of sp³-hybridized carbons (Fsp3) is 0.300. The Morgan fingerprint density at radius 2 is 1.75 bits per heavy atom. The molecule has 0 aliphatic carbocycles. The number of carbonyl (C=O) groups is 1. The van der Waals surface area contributed by atoms with Crippen molar-refractivity contribution in [1.82, 2.24) is 20.0 Å². The molecule has 7 nitrogen and oxygen atoms in total. The molecule has 0 saturated carbocycles. The van der Waals surface area contributed by atoms with Gasteiger partial charge in [0.1, 0.15) is 5.82 Å². The van der Waals surface area contributed by atoms with Crippen LogP contribution in [0.4, 0.5) is 0 Å². The third-order valence-electron chi connectivity index (χ3n) is 3.95. The van der Waals surface area contributed by atoms with Crippen LogP contribution >= 0.6 is 0 Å². The lowest BCUT2D eigenvalue weighted by Gasteiger charge is -2.20. The summed E-state index contributed by atoms with van der Waals surface area (Å²) in [5, 5.41) is 2.82. The van der Waals surface area contributed by atoms with E-state index >= 15 is 0 Å². The van der Waals surface area contributed by atoms with E-state index in [-0.39, 0.29) is 10.8 Å². The fourth-order valence-corrected chi connectivity index (χ4v) is 4.19.